The van der Waals surface area contributed by atoms with Crippen molar-refractivity contribution in [1.82, 2.24) is 10.2 Å². The zero-order valence-electron chi connectivity index (χ0n) is 14.1. The van der Waals surface area contributed by atoms with Crippen LogP contribution >= 0.6 is 0 Å². The summed E-state index contributed by atoms with van der Waals surface area (Å²) >= 11 is 0. The lowest BCUT2D eigenvalue weighted by Crippen LogP contribution is -2.29. The second-order valence-corrected chi connectivity index (χ2v) is 6.15. The van der Waals surface area contributed by atoms with E-state index < -0.39 is 0 Å². The van der Waals surface area contributed by atoms with Gasteiger partial charge in [0.15, 0.2) is 0 Å². The second kappa shape index (κ2) is 9.93. The Morgan fingerprint density at radius 3 is 2.57 bits per heavy atom. The summed E-state index contributed by atoms with van der Waals surface area (Å²) in [6, 6.07) is 9.20. The van der Waals surface area contributed by atoms with Crippen LogP contribution in [0.2, 0.25) is 0 Å². The number of aliphatic hydroxyl groups is 1. The van der Waals surface area contributed by atoms with Gasteiger partial charge in [-0.25, -0.2) is 0 Å². The minimum Gasteiger partial charge on any atom is -0.393 e. The Balaban J connectivity index is 2.54. The van der Waals surface area contributed by atoms with E-state index in [1.54, 1.807) is 0 Å². The van der Waals surface area contributed by atoms with Gasteiger partial charge in [-0.05, 0) is 58.8 Å². The van der Waals surface area contributed by atoms with Crippen molar-refractivity contribution in [3.63, 3.8) is 0 Å². The monoisotopic (exact) mass is 292 g/mol. The number of nitrogens with zero attached hydrogens (tertiary/aromatic N) is 1. The number of hydrogen-bond donors (Lipinski definition) is 2. The maximum atomic E-state index is 9.36. The van der Waals surface area contributed by atoms with Crippen molar-refractivity contribution in [3.8, 4) is 0 Å². The predicted molar refractivity (Wildman–Crippen MR) is 90.6 cm³/mol. The van der Waals surface area contributed by atoms with E-state index in [1.165, 1.54) is 11.1 Å². The van der Waals surface area contributed by atoms with Crippen LogP contribution in [0.3, 0.4) is 0 Å². The van der Waals surface area contributed by atoms with Crippen molar-refractivity contribution in [2.24, 2.45) is 0 Å². The van der Waals surface area contributed by atoms with Crippen molar-refractivity contribution in [1.29, 1.82) is 0 Å². The molecule has 2 atom stereocenters. The summed E-state index contributed by atoms with van der Waals surface area (Å²) in [5.41, 5.74) is 2.70. The number of nitrogens with one attached hydrogen (secondary N) is 1. The van der Waals surface area contributed by atoms with Crippen LogP contribution in [0.4, 0.5) is 0 Å². The molecule has 3 nitrogen and oxygen atoms in total. The van der Waals surface area contributed by atoms with E-state index in [-0.39, 0.29) is 6.10 Å². The molecular weight excluding hydrogens is 260 g/mol. The number of aryl methyl sites for hydroxylation is 1. The molecule has 0 heterocycles. The van der Waals surface area contributed by atoms with Gasteiger partial charge in [0.2, 0.25) is 0 Å². The van der Waals surface area contributed by atoms with Gasteiger partial charge in [-0.3, -0.25) is 0 Å². The number of rotatable bonds is 10. The molecule has 1 aromatic carbocycles. The molecule has 120 valence electrons. The van der Waals surface area contributed by atoms with Crippen molar-refractivity contribution in [2.45, 2.75) is 52.2 Å². The molecule has 0 aromatic heterocycles. The van der Waals surface area contributed by atoms with Gasteiger partial charge in [0.05, 0.1) is 6.10 Å². The van der Waals surface area contributed by atoms with E-state index in [0.29, 0.717) is 6.04 Å². The summed E-state index contributed by atoms with van der Waals surface area (Å²) in [5.74, 6) is 0. The zero-order valence-corrected chi connectivity index (χ0v) is 14.1. The standard InChI is InChI=1S/C18H32N2O/c1-5-11-19-18(17-8-6-7-15(2)14-17)10-13-20(4)12-9-16(3)21/h6-8,14,16,18-19,21H,5,9-13H2,1-4H3. The molecule has 0 aliphatic carbocycles. The third-order valence-electron chi connectivity index (χ3n) is 3.81. The van der Waals surface area contributed by atoms with Crippen molar-refractivity contribution in [3.05, 3.63) is 35.4 Å². The van der Waals surface area contributed by atoms with Gasteiger partial charge >= 0.3 is 0 Å². The molecule has 2 N–H and O–H groups in total. The molecule has 0 bridgehead atoms. The SMILES string of the molecule is CCCNC(CCN(C)CCC(C)O)c1cccc(C)c1. The van der Waals surface area contributed by atoms with Gasteiger partial charge in [0.25, 0.3) is 0 Å². The van der Waals surface area contributed by atoms with Crippen LogP contribution in [0.15, 0.2) is 24.3 Å². The Hall–Kier alpha value is -0.900. The summed E-state index contributed by atoms with van der Waals surface area (Å²) in [7, 11) is 2.13. The molecule has 0 spiro atoms. The fourth-order valence-corrected chi connectivity index (χ4v) is 2.46. The highest BCUT2D eigenvalue weighted by Crippen LogP contribution is 2.18. The predicted octanol–water partition coefficient (Wildman–Crippen LogP) is 3.13. The lowest BCUT2D eigenvalue weighted by atomic mass is 10.0. The van der Waals surface area contributed by atoms with E-state index in [4.69, 9.17) is 0 Å². The summed E-state index contributed by atoms with van der Waals surface area (Å²) in [6.07, 6.45) is 2.88. The molecule has 0 amide bonds. The Kier molecular flexibility index (Phi) is 8.58. The Morgan fingerprint density at radius 2 is 1.95 bits per heavy atom. The first kappa shape index (κ1) is 18.1. The number of hydrogen-bond acceptors (Lipinski definition) is 3. The van der Waals surface area contributed by atoms with Crippen LogP contribution in [0.25, 0.3) is 0 Å². The zero-order chi connectivity index (χ0) is 15.7. The number of benzene rings is 1. The molecule has 0 aliphatic heterocycles. The highest BCUT2D eigenvalue weighted by atomic mass is 16.3. The fraction of sp³-hybridized carbons (Fsp3) is 0.667. The van der Waals surface area contributed by atoms with Crippen molar-refractivity contribution in [2.75, 3.05) is 26.7 Å². The minimum absolute atomic E-state index is 0.210. The topological polar surface area (TPSA) is 35.5 Å². The van der Waals surface area contributed by atoms with E-state index in [0.717, 1.165) is 38.9 Å². The first-order valence-electron chi connectivity index (χ1n) is 8.19. The molecule has 1 rings (SSSR count). The van der Waals surface area contributed by atoms with Crippen LogP contribution in [0.5, 0.6) is 0 Å². The summed E-state index contributed by atoms with van der Waals surface area (Å²) in [4.78, 5) is 2.31. The minimum atomic E-state index is -0.210. The third kappa shape index (κ3) is 7.60. The maximum absolute atomic E-state index is 9.36. The van der Waals surface area contributed by atoms with E-state index in [1.807, 2.05) is 6.92 Å². The third-order valence-corrected chi connectivity index (χ3v) is 3.81. The van der Waals surface area contributed by atoms with E-state index in [9.17, 15) is 5.11 Å². The van der Waals surface area contributed by atoms with Gasteiger partial charge < -0.3 is 15.3 Å². The lowest BCUT2D eigenvalue weighted by molar-refractivity contribution is 0.163. The average Bonchev–Trinajstić information content (AvgIpc) is 2.45. The maximum Gasteiger partial charge on any atom is 0.0524 e. The van der Waals surface area contributed by atoms with E-state index in [2.05, 4.69) is 55.4 Å². The fourth-order valence-electron chi connectivity index (χ4n) is 2.46. The highest BCUT2D eigenvalue weighted by Gasteiger charge is 2.12. The summed E-state index contributed by atoms with van der Waals surface area (Å²) < 4.78 is 0. The average molecular weight is 292 g/mol. The normalized spacial score (nSPS) is 14.4. The molecule has 3 heteroatoms. The van der Waals surface area contributed by atoms with Gasteiger partial charge in [-0.2, -0.15) is 0 Å². The highest BCUT2D eigenvalue weighted by molar-refractivity contribution is 5.25. The molecular formula is C18H32N2O. The molecule has 0 aliphatic rings. The molecule has 21 heavy (non-hydrogen) atoms. The first-order valence-corrected chi connectivity index (χ1v) is 8.19. The summed E-state index contributed by atoms with van der Waals surface area (Å²) in [5, 5.41) is 13.0. The molecule has 2 unspecified atom stereocenters. The smallest absolute Gasteiger partial charge is 0.0524 e. The second-order valence-electron chi connectivity index (χ2n) is 6.15. The van der Waals surface area contributed by atoms with E-state index >= 15 is 0 Å². The summed E-state index contributed by atoms with van der Waals surface area (Å²) in [6.45, 7) is 9.25. The molecule has 0 fully saturated rings. The van der Waals surface area contributed by atoms with Crippen molar-refractivity contribution < 1.29 is 5.11 Å². The Morgan fingerprint density at radius 1 is 1.24 bits per heavy atom. The van der Waals surface area contributed by atoms with Crippen LogP contribution in [-0.2, 0) is 0 Å². The molecule has 0 saturated carbocycles. The van der Waals surface area contributed by atoms with Crippen LogP contribution in [0.1, 0.15) is 50.3 Å². The van der Waals surface area contributed by atoms with Crippen molar-refractivity contribution >= 4 is 0 Å². The Labute approximate surface area is 130 Å². The van der Waals surface area contributed by atoms with Gasteiger partial charge in [0.1, 0.15) is 0 Å². The molecule has 0 saturated heterocycles. The number of aliphatic hydroxyl groups excluding tert-OH is 1. The molecule has 0 radical (unpaired) electrons. The largest absolute Gasteiger partial charge is 0.393 e. The van der Waals surface area contributed by atoms with Gasteiger partial charge in [-0.15, -0.1) is 0 Å². The lowest BCUT2D eigenvalue weighted by Gasteiger charge is -2.23. The van der Waals surface area contributed by atoms with Crippen LogP contribution < -0.4 is 5.32 Å². The van der Waals surface area contributed by atoms with Gasteiger partial charge in [-0.1, -0.05) is 36.8 Å². The quantitative estimate of drug-likeness (QED) is 0.695. The van der Waals surface area contributed by atoms with Crippen LogP contribution in [-0.4, -0.2) is 42.8 Å². The molecule has 1 aromatic rings. The van der Waals surface area contributed by atoms with Gasteiger partial charge in [0, 0.05) is 12.6 Å². The Bertz CT molecular complexity index is 393. The first-order chi connectivity index (χ1) is 10.0. The van der Waals surface area contributed by atoms with Crippen LogP contribution in [0, 0.1) is 6.92 Å².